The molecule has 3 aliphatic carbocycles. The molecular formula is C30H32O12. The lowest BCUT2D eigenvalue weighted by atomic mass is 9.40. The molecule has 0 radical (unpaired) electrons. The monoisotopic (exact) mass is 584 g/mol. The van der Waals surface area contributed by atoms with Crippen LogP contribution in [0.25, 0.3) is 0 Å². The van der Waals surface area contributed by atoms with Crippen LogP contribution >= 0.6 is 0 Å². The van der Waals surface area contributed by atoms with Crippen molar-refractivity contribution in [1.29, 1.82) is 0 Å². The maximum absolute atomic E-state index is 13.5. The number of aliphatic hydroxyl groups is 4. The van der Waals surface area contributed by atoms with E-state index in [1.165, 1.54) is 0 Å². The third-order valence-electron chi connectivity index (χ3n) is 9.28. The molecule has 42 heavy (non-hydrogen) atoms. The summed E-state index contributed by atoms with van der Waals surface area (Å²) < 4.78 is 28.8. The Morgan fingerprint density at radius 1 is 0.857 bits per heavy atom. The Bertz CT molecular complexity index is 1350. The highest BCUT2D eigenvalue weighted by molar-refractivity contribution is 5.91. The van der Waals surface area contributed by atoms with E-state index in [0.717, 1.165) is 0 Å². The van der Waals surface area contributed by atoms with Crippen LogP contribution in [0.5, 0.6) is 0 Å². The number of hydrogen-bond acceptors (Lipinski definition) is 12. The Labute approximate surface area is 240 Å². The zero-order valence-corrected chi connectivity index (χ0v) is 22.7. The van der Waals surface area contributed by atoms with E-state index in [0.29, 0.717) is 0 Å². The van der Waals surface area contributed by atoms with Crippen molar-refractivity contribution in [2.24, 2.45) is 11.3 Å². The van der Waals surface area contributed by atoms with Crippen LogP contribution in [0.4, 0.5) is 0 Å². The number of carbonyl (C=O) groups is 3. The van der Waals surface area contributed by atoms with Gasteiger partial charge in [-0.1, -0.05) is 36.4 Å². The fourth-order valence-corrected chi connectivity index (χ4v) is 6.99. The van der Waals surface area contributed by atoms with Gasteiger partial charge in [-0.2, -0.15) is 0 Å². The second-order valence-corrected chi connectivity index (χ2v) is 11.5. The topological polar surface area (TPSA) is 178 Å². The molecule has 4 bridgehead atoms. The summed E-state index contributed by atoms with van der Waals surface area (Å²) in [6.07, 6.45) is -8.87. The van der Waals surface area contributed by atoms with E-state index >= 15 is 0 Å². The summed E-state index contributed by atoms with van der Waals surface area (Å²) in [4.78, 5) is 38.7. The molecule has 0 spiro atoms. The van der Waals surface area contributed by atoms with Crippen molar-refractivity contribution in [2.75, 3.05) is 13.2 Å². The molecule has 5 fully saturated rings. The molecule has 224 valence electrons. The Hall–Kier alpha value is -3.39. The molecule has 7 rings (SSSR count). The van der Waals surface area contributed by atoms with Crippen molar-refractivity contribution in [1.82, 2.24) is 0 Å². The number of aliphatic hydroxyl groups excluding tert-OH is 4. The molecule has 2 aromatic carbocycles. The van der Waals surface area contributed by atoms with Crippen LogP contribution in [-0.2, 0) is 28.5 Å². The van der Waals surface area contributed by atoms with Gasteiger partial charge in [0.1, 0.15) is 54.2 Å². The summed E-state index contributed by atoms with van der Waals surface area (Å²) in [7, 11) is 0. The predicted molar refractivity (Wildman–Crippen MR) is 140 cm³/mol. The smallest absolute Gasteiger partial charge is 0.338 e. The van der Waals surface area contributed by atoms with E-state index in [4.69, 9.17) is 23.7 Å². The SMILES string of the molecule is C[C@]12C[C@@H](O)[C@@H]3C[C@]1(O[C@@H]1O[C@H](COC(=O)c4ccccc4)[C@@H](O)[C@H](O)[C@H]1O)[C@]3(COC(=O)c1ccccc1)C(=O)O2. The van der Waals surface area contributed by atoms with Gasteiger partial charge in [0.2, 0.25) is 0 Å². The molecule has 10 atom stereocenters. The van der Waals surface area contributed by atoms with Gasteiger partial charge in [0.25, 0.3) is 0 Å². The van der Waals surface area contributed by atoms with Gasteiger partial charge < -0.3 is 44.1 Å². The number of ether oxygens (including phenoxy) is 5. The lowest BCUT2D eigenvalue weighted by molar-refractivity contribution is -0.394. The van der Waals surface area contributed by atoms with Gasteiger partial charge in [-0.25, -0.2) is 9.59 Å². The Kier molecular flexibility index (Phi) is 7.11. The van der Waals surface area contributed by atoms with Crippen molar-refractivity contribution in [3.63, 3.8) is 0 Å². The van der Waals surface area contributed by atoms with Gasteiger partial charge in [-0.05, 0) is 37.6 Å². The number of rotatable bonds is 8. The first-order valence-corrected chi connectivity index (χ1v) is 13.8. The van der Waals surface area contributed by atoms with Crippen LogP contribution in [0.3, 0.4) is 0 Å². The van der Waals surface area contributed by atoms with Gasteiger partial charge in [0.05, 0.1) is 17.2 Å². The fourth-order valence-electron chi connectivity index (χ4n) is 6.99. The summed E-state index contributed by atoms with van der Waals surface area (Å²) in [5.41, 5.74) is -4.00. The van der Waals surface area contributed by atoms with Crippen molar-refractivity contribution in [2.45, 2.75) is 67.8 Å². The first kappa shape index (κ1) is 28.7. The average Bonchev–Trinajstić information content (AvgIpc) is 3.05. The third kappa shape index (κ3) is 4.16. The fraction of sp³-hybridized carbons (Fsp3) is 0.500. The Morgan fingerprint density at radius 2 is 1.45 bits per heavy atom. The van der Waals surface area contributed by atoms with Crippen molar-refractivity contribution >= 4 is 17.9 Å². The lowest BCUT2D eigenvalue weighted by Crippen LogP contribution is -2.80. The van der Waals surface area contributed by atoms with Crippen molar-refractivity contribution in [3.8, 4) is 0 Å². The summed E-state index contributed by atoms with van der Waals surface area (Å²) >= 11 is 0. The molecule has 12 heteroatoms. The average molecular weight is 585 g/mol. The summed E-state index contributed by atoms with van der Waals surface area (Å²) in [6, 6.07) is 16.3. The first-order chi connectivity index (χ1) is 20.0. The number of fused-ring (bicyclic) bond motifs is 1. The molecule has 0 aromatic heterocycles. The van der Waals surface area contributed by atoms with Crippen LogP contribution in [0.15, 0.2) is 60.7 Å². The van der Waals surface area contributed by atoms with E-state index in [9.17, 15) is 34.8 Å². The predicted octanol–water partition coefficient (Wildman–Crippen LogP) is 0.350. The highest BCUT2D eigenvalue weighted by Gasteiger charge is 2.88. The molecule has 2 aliphatic heterocycles. The van der Waals surface area contributed by atoms with Crippen LogP contribution in [0.2, 0.25) is 0 Å². The molecule has 4 N–H and O–H groups in total. The van der Waals surface area contributed by atoms with Crippen LogP contribution in [-0.4, -0.2) is 99.6 Å². The van der Waals surface area contributed by atoms with Crippen LogP contribution in [0.1, 0.15) is 40.5 Å². The van der Waals surface area contributed by atoms with E-state index < -0.39 is 90.5 Å². The quantitative estimate of drug-likeness (QED) is 0.248. The summed E-state index contributed by atoms with van der Waals surface area (Å²) in [5.74, 6) is -2.77. The lowest BCUT2D eigenvalue weighted by Gasteiger charge is -2.66. The maximum Gasteiger partial charge on any atom is 0.338 e. The molecule has 0 unspecified atom stereocenters. The number of esters is 3. The summed E-state index contributed by atoms with van der Waals surface area (Å²) in [6.45, 7) is 0.645. The van der Waals surface area contributed by atoms with Gasteiger partial charge >= 0.3 is 17.9 Å². The molecule has 12 nitrogen and oxygen atoms in total. The molecule has 0 amide bonds. The molecule has 2 aromatic rings. The van der Waals surface area contributed by atoms with Crippen molar-refractivity contribution < 1.29 is 58.5 Å². The number of hydrogen-bond donors (Lipinski definition) is 4. The minimum atomic E-state index is -1.76. The second-order valence-electron chi connectivity index (χ2n) is 11.5. The number of carbonyl (C=O) groups excluding carboxylic acids is 3. The normalized spacial score (nSPS) is 40.0. The maximum atomic E-state index is 13.5. The molecule has 2 heterocycles. The minimum Gasteiger partial charge on any atom is -0.461 e. The number of benzene rings is 2. The highest BCUT2D eigenvalue weighted by atomic mass is 16.7. The standard InChI is InChI=1S/C30H32O12/c1-28-13-19(31)18-12-30(28,29(18,27(37)42-28)15-39-25(36)17-10-6-3-7-11-17)41-26-23(34)22(33)21(32)20(40-26)14-38-24(35)16-8-4-2-5-9-16/h2-11,18-23,26,31-34H,12-15H2,1H3/t18-,19+,20+,21+,22-,23+,26-,28-,29-,30+/m0/s1. The zero-order chi connectivity index (χ0) is 29.9. The molecule has 5 aliphatic rings. The van der Waals surface area contributed by atoms with Gasteiger partial charge in [-0.3, -0.25) is 4.79 Å². The third-order valence-corrected chi connectivity index (χ3v) is 9.28. The Morgan fingerprint density at radius 3 is 2.07 bits per heavy atom. The van der Waals surface area contributed by atoms with E-state index in [2.05, 4.69) is 0 Å². The van der Waals surface area contributed by atoms with Crippen LogP contribution < -0.4 is 0 Å². The van der Waals surface area contributed by atoms with Crippen LogP contribution in [0, 0.1) is 11.3 Å². The molecule has 2 saturated heterocycles. The molecular weight excluding hydrogens is 552 g/mol. The Balaban J connectivity index is 1.24. The zero-order valence-electron chi connectivity index (χ0n) is 22.7. The molecule has 3 saturated carbocycles. The van der Waals surface area contributed by atoms with Gasteiger partial charge in [-0.15, -0.1) is 0 Å². The second kappa shape index (κ2) is 10.4. The van der Waals surface area contributed by atoms with E-state index in [1.807, 2.05) is 0 Å². The first-order valence-electron chi connectivity index (χ1n) is 13.8. The van der Waals surface area contributed by atoms with E-state index in [-0.39, 0.29) is 24.0 Å². The van der Waals surface area contributed by atoms with Crippen molar-refractivity contribution in [3.05, 3.63) is 71.8 Å². The summed E-state index contributed by atoms with van der Waals surface area (Å²) in [5, 5.41) is 43.0. The largest absolute Gasteiger partial charge is 0.461 e. The highest BCUT2D eigenvalue weighted by Crippen LogP contribution is 2.73. The van der Waals surface area contributed by atoms with Gasteiger partial charge in [0, 0.05) is 12.3 Å². The minimum absolute atomic E-state index is 0.0178. The van der Waals surface area contributed by atoms with E-state index in [1.54, 1.807) is 67.6 Å². The van der Waals surface area contributed by atoms with Gasteiger partial charge in [0.15, 0.2) is 6.29 Å².